The summed E-state index contributed by atoms with van der Waals surface area (Å²) >= 11 is 1.57. The van der Waals surface area contributed by atoms with Crippen LogP contribution >= 0.6 is 11.3 Å². The lowest BCUT2D eigenvalue weighted by Crippen LogP contribution is -2.37. The molecule has 0 unspecified atom stereocenters. The van der Waals surface area contributed by atoms with Crippen molar-refractivity contribution in [3.63, 3.8) is 0 Å². The average molecular weight is 362 g/mol. The van der Waals surface area contributed by atoms with Crippen molar-refractivity contribution in [3.8, 4) is 16.5 Å². The Kier molecular flexibility index (Phi) is 4.55. The molecule has 1 saturated heterocycles. The number of hydrogen-bond acceptors (Lipinski definition) is 4. The van der Waals surface area contributed by atoms with Crippen molar-refractivity contribution >= 4 is 17.2 Å². The van der Waals surface area contributed by atoms with Crippen LogP contribution in [0.1, 0.15) is 40.2 Å². The van der Waals surface area contributed by atoms with Crippen LogP contribution in [0.25, 0.3) is 10.4 Å². The van der Waals surface area contributed by atoms with E-state index < -0.39 is 0 Å². The van der Waals surface area contributed by atoms with E-state index in [4.69, 9.17) is 5.26 Å². The standard InChI is InChI=1S/C20H18N4OS/c21-10-14-1-3-15(4-2-14)16-5-7-24(8-6-16)20(25)17-9-19(26-13-17)18-11-22-23-12-18/h1-4,9,11-13,16H,5-8H2,(H,22,23). The highest BCUT2D eigenvalue weighted by atomic mass is 32.1. The second-order valence-electron chi connectivity index (χ2n) is 6.49. The van der Waals surface area contributed by atoms with Crippen molar-refractivity contribution < 1.29 is 4.79 Å². The molecule has 3 aromatic rings. The predicted molar refractivity (Wildman–Crippen MR) is 101 cm³/mol. The third kappa shape index (κ3) is 3.26. The number of nitriles is 1. The molecule has 1 aliphatic rings. The maximum absolute atomic E-state index is 12.8. The summed E-state index contributed by atoms with van der Waals surface area (Å²) in [7, 11) is 0. The smallest absolute Gasteiger partial charge is 0.254 e. The van der Waals surface area contributed by atoms with Gasteiger partial charge in [-0.3, -0.25) is 9.89 Å². The lowest BCUT2D eigenvalue weighted by atomic mass is 9.89. The maximum Gasteiger partial charge on any atom is 0.254 e. The number of H-pyrrole nitrogens is 1. The van der Waals surface area contributed by atoms with Crippen LogP contribution < -0.4 is 0 Å². The molecule has 4 rings (SSSR count). The summed E-state index contributed by atoms with van der Waals surface area (Å²) in [6, 6.07) is 11.9. The molecule has 5 nitrogen and oxygen atoms in total. The molecule has 0 bridgehead atoms. The van der Waals surface area contributed by atoms with Gasteiger partial charge < -0.3 is 4.90 Å². The lowest BCUT2D eigenvalue weighted by Gasteiger charge is -2.32. The molecule has 1 aliphatic heterocycles. The van der Waals surface area contributed by atoms with E-state index in [2.05, 4.69) is 16.3 Å². The summed E-state index contributed by atoms with van der Waals surface area (Å²) in [5.74, 6) is 0.560. The number of aromatic nitrogens is 2. The normalized spacial score (nSPS) is 15.0. The first kappa shape index (κ1) is 16.6. The average Bonchev–Trinajstić information content (AvgIpc) is 3.39. The van der Waals surface area contributed by atoms with E-state index in [0.717, 1.165) is 41.9 Å². The van der Waals surface area contributed by atoms with Gasteiger partial charge in [-0.15, -0.1) is 11.3 Å². The van der Waals surface area contributed by atoms with Crippen LogP contribution in [-0.2, 0) is 0 Å². The first-order valence-corrected chi connectivity index (χ1v) is 9.49. The Morgan fingerprint density at radius 2 is 2.04 bits per heavy atom. The number of amides is 1. The molecule has 6 heteroatoms. The number of likely N-dealkylation sites (tertiary alicyclic amines) is 1. The van der Waals surface area contributed by atoms with Gasteiger partial charge in [-0.25, -0.2) is 0 Å². The van der Waals surface area contributed by atoms with Gasteiger partial charge in [0.25, 0.3) is 5.91 Å². The summed E-state index contributed by atoms with van der Waals surface area (Å²) in [5, 5.41) is 17.6. The molecule has 1 aromatic carbocycles. The summed E-state index contributed by atoms with van der Waals surface area (Å²) in [6.07, 6.45) is 5.51. The molecular formula is C20H18N4OS. The van der Waals surface area contributed by atoms with Crippen molar-refractivity contribution in [1.82, 2.24) is 15.1 Å². The van der Waals surface area contributed by atoms with E-state index >= 15 is 0 Å². The second kappa shape index (κ2) is 7.14. The van der Waals surface area contributed by atoms with Crippen LogP contribution in [0.5, 0.6) is 0 Å². The quantitative estimate of drug-likeness (QED) is 0.764. The number of carbonyl (C=O) groups is 1. The van der Waals surface area contributed by atoms with E-state index in [1.807, 2.05) is 46.8 Å². The molecule has 26 heavy (non-hydrogen) atoms. The maximum atomic E-state index is 12.8. The Hall–Kier alpha value is -2.91. The van der Waals surface area contributed by atoms with Crippen molar-refractivity contribution in [1.29, 1.82) is 5.26 Å². The molecule has 0 aliphatic carbocycles. The van der Waals surface area contributed by atoms with Crippen LogP contribution in [0.3, 0.4) is 0 Å². The number of nitrogens with zero attached hydrogens (tertiary/aromatic N) is 3. The third-order valence-corrected chi connectivity index (χ3v) is 5.90. The van der Waals surface area contributed by atoms with Gasteiger partial charge in [0, 0.05) is 35.1 Å². The number of hydrogen-bond donors (Lipinski definition) is 1. The van der Waals surface area contributed by atoms with Crippen LogP contribution in [-0.4, -0.2) is 34.1 Å². The Labute approximate surface area is 155 Å². The fourth-order valence-corrected chi connectivity index (χ4v) is 4.28. The van der Waals surface area contributed by atoms with E-state index in [1.165, 1.54) is 5.56 Å². The minimum absolute atomic E-state index is 0.106. The molecular weight excluding hydrogens is 344 g/mol. The molecule has 1 fully saturated rings. The molecule has 1 N–H and O–H groups in total. The Morgan fingerprint density at radius 1 is 1.27 bits per heavy atom. The van der Waals surface area contributed by atoms with Gasteiger partial charge in [0.2, 0.25) is 0 Å². The van der Waals surface area contributed by atoms with Crippen molar-refractivity contribution in [3.05, 3.63) is 64.8 Å². The minimum atomic E-state index is 0.106. The number of carbonyl (C=O) groups excluding carboxylic acids is 1. The highest BCUT2D eigenvalue weighted by Gasteiger charge is 2.25. The van der Waals surface area contributed by atoms with Gasteiger partial charge in [0.15, 0.2) is 0 Å². The molecule has 130 valence electrons. The summed E-state index contributed by atoms with van der Waals surface area (Å²) in [5.41, 5.74) is 3.71. The molecule has 1 amide bonds. The first-order valence-electron chi connectivity index (χ1n) is 8.61. The van der Waals surface area contributed by atoms with E-state index in [1.54, 1.807) is 17.5 Å². The summed E-state index contributed by atoms with van der Waals surface area (Å²) in [4.78, 5) is 15.8. The van der Waals surface area contributed by atoms with Crippen LogP contribution in [0, 0.1) is 11.3 Å². The zero-order chi connectivity index (χ0) is 17.9. The highest BCUT2D eigenvalue weighted by molar-refractivity contribution is 7.13. The SMILES string of the molecule is N#Cc1ccc(C2CCN(C(=O)c3csc(-c4cn[nH]c4)c3)CC2)cc1. The summed E-state index contributed by atoms with van der Waals surface area (Å²) < 4.78 is 0. The van der Waals surface area contributed by atoms with Gasteiger partial charge in [0.05, 0.1) is 23.4 Å². The largest absolute Gasteiger partial charge is 0.339 e. The fourth-order valence-electron chi connectivity index (χ4n) is 3.41. The molecule has 0 spiro atoms. The van der Waals surface area contributed by atoms with Crippen LogP contribution in [0.15, 0.2) is 48.1 Å². The van der Waals surface area contributed by atoms with E-state index in [-0.39, 0.29) is 5.91 Å². The van der Waals surface area contributed by atoms with Gasteiger partial charge >= 0.3 is 0 Å². The highest BCUT2D eigenvalue weighted by Crippen LogP contribution is 2.31. The van der Waals surface area contributed by atoms with Gasteiger partial charge in [-0.1, -0.05) is 12.1 Å². The molecule has 0 atom stereocenters. The van der Waals surface area contributed by atoms with Crippen LogP contribution in [0.4, 0.5) is 0 Å². The minimum Gasteiger partial charge on any atom is -0.339 e. The zero-order valence-electron chi connectivity index (χ0n) is 14.2. The Bertz CT molecular complexity index is 929. The number of nitrogens with one attached hydrogen (secondary N) is 1. The Balaban J connectivity index is 1.39. The van der Waals surface area contributed by atoms with Crippen molar-refractivity contribution in [2.75, 3.05) is 13.1 Å². The van der Waals surface area contributed by atoms with Gasteiger partial charge in [-0.05, 0) is 42.5 Å². The number of benzene rings is 1. The molecule has 0 radical (unpaired) electrons. The third-order valence-electron chi connectivity index (χ3n) is 4.92. The number of thiophene rings is 1. The zero-order valence-corrected chi connectivity index (χ0v) is 15.0. The molecule has 3 heterocycles. The first-order chi connectivity index (χ1) is 12.7. The summed E-state index contributed by atoms with van der Waals surface area (Å²) in [6.45, 7) is 1.53. The number of piperidine rings is 1. The predicted octanol–water partition coefficient (Wildman–Crippen LogP) is 4.03. The number of aromatic amines is 1. The molecule has 2 aromatic heterocycles. The lowest BCUT2D eigenvalue weighted by molar-refractivity contribution is 0.0713. The molecule has 0 saturated carbocycles. The number of rotatable bonds is 3. The van der Waals surface area contributed by atoms with Crippen molar-refractivity contribution in [2.45, 2.75) is 18.8 Å². The topological polar surface area (TPSA) is 72.8 Å². The van der Waals surface area contributed by atoms with Crippen LogP contribution in [0.2, 0.25) is 0 Å². The van der Waals surface area contributed by atoms with E-state index in [0.29, 0.717) is 11.5 Å². The monoisotopic (exact) mass is 362 g/mol. The van der Waals surface area contributed by atoms with Gasteiger partial charge in [-0.2, -0.15) is 10.4 Å². The second-order valence-corrected chi connectivity index (χ2v) is 7.40. The fraction of sp³-hybridized carbons (Fsp3) is 0.250. The van der Waals surface area contributed by atoms with Gasteiger partial charge in [0.1, 0.15) is 0 Å². The van der Waals surface area contributed by atoms with E-state index in [9.17, 15) is 4.79 Å². The van der Waals surface area contributed by atoms with Crippen molar-refractivity contribution in [2.24, 2.45) is 0 Å². The Morgan fingerprint density at radius 3 is 2.69 bits per heavy atom.